The molecule has 3 N–H and O–H groups in total. The number of aryl methyl sites for hydroxylation is 2. The van der Waals surface area contributed by atoms with Crippen LogP contribution in [-0.4, -0.2) is 43.4 Å². The van der Waals surface area contributed by atoms with E-state index in [1.807, 2.05) is 19.9 Å². The average molecular weight is 408 g/mol. The molecule has 142 valence electrons. The van der Waals surface area contributed by atoms with Crippen molar-refractivity contribution >= 4 is 35.0 Å². The Balaban J connectivity index is 1.68. The summed E-state index contributed by atoms with van der Waals surface area (Å²) in [5, 5.41) is 16.1. The number of thioether (sulfide) groups is 1. The summed E-state index contributed by atoms with van der Waals surface area (Å²) in [6.45, 7) is 3.78. The van der Waals surface area contributed by atoms with E-state index in [4.69, 9.17) is 22.2 Å². The zero-order chi connectivity index (χ0) is 19.6. The van der Waals surface area contributed by atoms with Gasteiger partial charge in [0.1, 0.15) is 5.75 Å². The number of benzene rings is 1. The lowest BCUT2D eigenvalue weighted by molar-refractivity contribution is -0.113. The largest absolute Gasteiger partial charge is 0.495 e. The van der Waals surface area contributed by atoms with Gasteiger partial charge in [0.05, 0.1) is 24.2 Å². The predicted octanol–water partition coefficient (Wildman–Crippen LogP) is 2.19. The van der Waals surface area contributed by atoms with Crippen LogP contribution in [0.15, 0.2) is 29.4 Å². The molecular formula is C16H18ClN7O2S. The monoisotopic (exact) mass is 407 g/mol. The number of nitrogen functional groups attached to an aromatic ring is 1. The van der Waals surface area contributed by atoms with Gasteiger partial charge in [0, 0.05) is 10.7 Å². The molecule has 2 aromatic heterocycles. The van der Waals surface area contributed by atoms with Crippen molar-refractivity contribution in [2.75, 3.05) is 24.0 Å². The Morgan fingerprint density at radius 3 is 2.78 bits per heavy atom. The number of anilines is 1. The van der Waals surface area contributed by atoms with Crippen LogP contribution in [0.5, 0.6) is 5.75 Å². The van der Waals surface area contributed by atoms with Crippen molar-refractivity contribution in [3.05, 3.63) is 40.7 Å². The van der Waals surface area contributed by atoms with Crippen molar-refractivity contribution in [2.45, 2.75) is 19.0 Å². The number of hydrogen-bond donors (Lipinski definition) is 2. The minimum Gasteiger partial charge on any atom is -0.495 e. The van der Waals surface area contributed by atoms with E-state index in [9.17, 15) is 4.79 Å². The van der Waals surface area contributed by atoms with Crippen LogP contribution in [0.25, 0.3) is 5.95 Å². The van der Waals surface area contributed by atoms with E-state index >= 15 is 0 Å². The number of ether oxygens (including phenoxy) is 1. The SMILES string of the molecule is COc1ccc(Cl)cc1NC(=O)CSc1nnc(-n2nc(C)cc2C)n1N. The Morgan fingerprint density at radius 1 is 1.33 bits per heavy atom. The highest BCUT2D eigenvalue weighted by Gasteiger charge is 2.16. The Bertz CT molecular complexity index is 985. The molecular weight excluding hydrogens is 390 g/mol. The van der Waals surface area contributed by atoms with Crippen molar-refractivity contribution in [3.63, 3.8) is 0 Å². The zero-order valence-electron chi connectivity index (χ0n) is 14.9. The second-order valence-corrected chi connectivity index (χ2v) is 7.05. The lowest BCUT2D eigenvalue weighted by Crippen LogP contribution is -2.19. The van der Waals surface area contributed by atoms with Gasteiger partial charge in [-0.3, -0.25) is 4.79 Å². The zero-order valence-corrected chi connectivity index (χ0v) is 16.5. The van der Waals surface area contributed by atoms with E-state index in [1.165, 1.54) is 11.8 Å². The molecule has 3 aromatic rings. The maximum Gasteiger partial charge on any atom is 0.271 e. The fraction of sp³-hybridized carbons (Fsp3) is 0.250. The summed E-state index contributed by atoms with van der Waals surface area (Å²) in [7, 11) is 1.52. The van der Waals surface area contributed by atoms with Gasteiger partial charge in [0.15, 0.2) is 0 Å². The van der Waals surface area contributed by atoms with Gasteiger partial charge in [-0.25, -0.2) is 9.36 Å². The number of carbonyl (C=O) groups excluding carboxylic acids is 1. The van der Waals surface area contributed by atoms with Crippen LogP contribution in [0.1, 0.15) is 11.4 Å². The van der Waals surface area contributed by atoms with E-state index in [-0.39, 0.29) is 11.7 Å². The molecule has 0 radical (unpaired) electrons. The number of methoxy groups -OCH3 is 1. The highest BCUT2D eigenvalue weighted by atomic mass is 35.5. The number of nitrogens with one attached hydrogen (secondary N) is 1. The van der Waals surface area contributed by atoms with Crippen molar-refractivity contribution < 1.29 is 9.53 Å². The minimum absolute atomic E-state index is 0.0854. The number of nitrogens with two attached hydrogens (primary N) is 1. The highest BCUT2D eigenvalue weighted by molar-refractivity contribution is 7.99. The predicted molar refractivity (Wildman–Crippen MR) is 104 cm³/mol. The summed E-state index contributed by atoms with van der Waals surface area (Å²) >= 11 is 7.13. The molecule has 3 rings (SSSR count). The number of rotatable bonds is 6. The maximum atomic E-state index is 12.3. The first kappa shape index (κ1) is 19.1. The smallest absolute Gasteiger partial charge is 0.271 e. The second kappa shape index (κ2) is 7.89. The van der Waals surface area contributed by atoms with Gasteiger partial charge in [-0.2, -0.15) is 5.10 Å². The maximum absolute atomic E-state index is 12.3. The Labute approximate surface area is 164 Å². The summed E-state index contributed by atoms with van der Waals surface area (Å²) in [6, 6.07) is 6.90. The molecule has 2 heterocycles. The molecule has 27 heavy (non-hydrogen) atoms. The first-order valence-corrected chi connectivity index (χ1v) is 9.25. The third-order valence-electron chi connectivity index (χ3n) is 3.61. The topological polar surface area (TPSA) is 113 Å². The quantitative estimate of drug-likeness (QED) is 0.475. The van der Waals surface area contributed by atoms with Gasteiger partial charge >= 0.3 is 0 Å². The molecule has 0 saturated carbocycles. The number of amides is 1. The van der Waals surface area contributed by atoms with E-state index in [2.05, 4.69) is 20.6 Å². The van der Waals surface area contributed by atoms with Gasteiger partial charge in [-0.15, -0.1) is 10.2 Å². The summed E-state index contributed by atoms with van der Waals surface area (Å²) in [5.74, 6) is 6.79. The lowest BCUT2D eigenvalue weighted by atomic mass is 10.3. The molecule has 0 unspecified atom stereocenters. The van der Waals surface area contributed by atoms with Gasteiger partial charge in [-0.1, -0.05) is 23.4 Å². The number of hydrogen-bond acceptors (Lipinski definition) is 7. The van der Waals surface area contributed by atoms with E-state index in [0.717, 1.165) is 23.1 Å². The molecule has 0 fully saturated rings. The van der Waals surface area contributed by atoms with Gasteiger partial charge in [0.2, 0.25) is 11.1 Å². The molecule has 0 spiro atoms. The van der Waals surface area contributed by atoms with Gasteiger partial charge < -0.3 is 15.9 Å². The number of aromatic nitrogens is 5. The van der Waals surface area contributed by atoms with Gasteiger partial charge in [0.25, 0.3) is 5.95 Å². The fourth-order valence-corrected chi connectivity index (χ4v) is 3.26. The van der Waals surface area contributed by atoms with Crippen LogP contribution >= 0.6 is 23.4 Å². The lowest BCUT2D eigenvalue weighted by Gasteiger charge is -2.10. The molecule has 0 atom stereocenters. The number of carbonyl (C=O) groups is 1. The first-order valence-electron chi connectivity index (χ1n) is 7.89. The third-order valence-corrected chi connectivity index (χ3v) is 4.79. The summed E-state index contributed by atoms with van der Waals surface area (Å²) in [6.07, 6.45) is 0. The van der Waals surface area contributed by atoms with Crippen molar-refractivity contribution in [1.29, 1.82) is 0 Å². The highest BCUT2D eigenvalue weighted by Crippen LogP contribution is 2.28. The van der Waals surface area contributed by atoms with Crippen LogP contribution in [0, 0.1) is 13.8 Å². The molecule has 0 bridgehead atoms. The molecule has 0 aliphatic rings. The van der Waals surface area contributed by atoms with Crippen LogP contribution in [0.2, 0.25) is 5.02 Å². The summed E-state index contributed by atoms with van der Waals surface area (Å²) < 4.78 is 8.12. The van der Waals surface area contributed by atoms with Crippen LogP contribution in [0.4, 0.5) is 5.69 Å². The minimum atomic E-state index is -0.253. The Hall–Kier alpha value is -2.72. The van der Waals surface area contributed by atoms with Crippen LogP contribution in [-0.2, 0) is 4.79 Å². The second-order valence-electron chi connectivity index (χ2n) is 5.67. The third kappa shape index (κ3) is 4.17. The molecule has 9 nitrogen and oxygen atoms in total. The molecule has 0 aliphatic heterocycles. The van der Waals surface area contributed by atoms with Crippen LogP contribution in [0.3, 0.4) is 0 Å². The molecule has 1 amide bonds. The van der Waals surface area contributed by atoms with E-state index in [1.54, 1.807) is 22.9 Å². The molecule has 11 heteroatoms. The van der Waals surface area contributed by atoms with Crippen molar-refractivity contribution in [1.82, 2.24) is 24.7 Å². The van der Waals surface area contributed by atoms with E-state index in [0.29, 0.717) is 27.6 Å². The normalized spacial score (nSPS) is 10.8. The van der Waals surface area contributed by atoms with Crippen LogP contribution < -0.4 is 15.9 Å². The Kier molecular flexibility index (Phi) is 5.57. The standard InChI is InChI=1S/C16H18ClN7O2S/c1-9-6-10(2)24(22-9)15-20-21-16(23(15)18)27-8-14(25)19-12-7-11(17)4-5-13(12)26-3/h4-7H,8,18H2,1-3H3,(H,19,25). The first-order chi connectivity index (χ1) is 12.9. The van der Waals surface area contributed by atoms with Gasteiger partial charge in [-0.05, 0) is 38.1 Å². The van der Waals surface area contributed by atoms with Crippen molar-refractivity contribution in [2.24, 2.45) is 0 Å². The summed E-state index contributed by atoms with van der Waals surface area (Å²) in [5.41, 5.74) is 2.22. The summed E-state index contributed by atoms with van der Waals surface area (Å²) in [4.78, 5) is 12.3. The molecule has 1 aromatic carbocycles. The fourth-order valence-electron chi connectivity index (χ4n) is 2.44. The van der Waals surface area contributed by atoms with Crippen molar-refractivity contribution in [3.8, 4) is 11.7 Å². The number of halogens is 1. The Morgan fingerprint density at radius 2 is 2.11 bits per heavy atom. The molecule has 0 saturated heterocycles. The van der Waals surface area contributed by atoms with E-state index < -0.39 is 0 Å². The average Bonchev–Trinajstić information content (AvgIpc) is 3.14. The molecule has 0 aliphatic carbocycles. The number of nitrogens with zero attached hydrogens (tertiary/aromatic N) is 5.